The number of nitrogens with one attached hydrogen (secondary N) is 1. The molecule has 0 aliphatic rings. The van der Waals surface area contributed by atoms with Crippen LogP contribution in [0.1, 0.15) is 24.5 Å². The first-order valence-electron chi connectivity index (χ1n) is 7.57. The van der Waals surface area contributed by atoms with E-state index in [1.54, 1.807) is 12.1 Å². The highest BCUT2D eigenvalue weighted by molar-refractivity contribution is 6.42. The van der Waals surface area contributed by atoms with E-state index in [1.165, 1.54) is 12.1 Å². The van der Waals surface area contributed by atoms with Crippen molar-refractivity contribution in [2.45, 2.75) is 32.2 Å². The molecule has 23 heavy (non-hydrogen) atoms. The van der Waals surface area contributed by atoms with E-state index >= 15 is 0 Å². The molecule has 1 nitrogen and oxygen atoms in total. The summed E-state index contributed by atoms with van der Waals surface area (Å²) < 4.78 is 26.1. The fourth-order valence-electron chi connectivity index (χ4n) is 2.43. The van der Waals surface area contributed by atoms with Crippen LogP contribution in [0, 0.1) is 11.6 Å². The summed E-state index contributed by atoms with van der Waals surface area (Å²) in [6.45, 7) is 2.87. The minimum Gasteiger partial charge on any atom is -0.314 e. The second-order valence-corrected chi connectivity index (χ2v) is 6.47. The molecule has 0 heterocycles. The minimum atomic E-state index is -0.809. The van der Waals surface area contributed by atoms with E-state index in [0.29, 0.717) is 16.5 Å². The van der Waals surface area contributed by atoms with Gasteiger partial charge in [-0.2, -0.15) is 0 Å². The maximum absolute atomic E-state index is 13.2. The molecule has 2 aromatic rings. The molecule has 2 rings (SSSR count). The van der Waals surface area contributed by atoms with Gasteiger partial charge in [-0.3, -0.25) is 0 Å². The molecule has 5 heteroatoms. The lowest BCUT2D eigenvalue weighted by atomic mass is 10.1. The molecular weight excluding hydrogens is 339 g/mol. The van der Waals surface area contributed by atoms with Gasteiger partial charge in [0.25, 0.3) is 0 Å². The molecule has 1 unspecified atom stereocenters. The van der Waals surface area contributed by atoms with Gasteiger partial charge >= 0.3 is 0 Å². The van der Waals surface area contributed by atoms with Crippen molar-refractivity contribution in [1.29, 1.82) is 0 Å². The zero-order valence-corrected chi connectivity index (χ0v) is 14.4. The molecule has 0 amide bonds. The van der Waals surface area contributed by atoms with Gasteiger partial charge in [-0.05, 0) is 68.1 Å². The van der Waals surface area contributed by atoms with Crippen LogP contribution in [0.25, 0.3) is 0 Å². The van der Waals surface area contributed by atoms with Crippen LogP contribution in [-0.4, -0.2) is 12.6 Å². The normalized spacial score (nSPS) is 12.4. The van der Waals surface area contributed by atoms with Gasteiger partial charge in [0.1, 0.15) is 0 Å². The predicted molar refractivity (Wildman–Crippen MR) is 92.3 cm³/mol. The number of hydrogen-bond acceptors (Lipinski definition) is 1. The Morgan fingerprint density at radius 2 is 1.70 bits per heavy atom. The monoisotopic (exact) mass is 357 g/mol. The summed E-state index contributed by atoms with van der Waals surface area (Å²) in [5, 5.41) is 4.52. The van der Waals surface area contributed by atoms with E-state index in [9.17, 15) is 8.78 Å². The quantitative estimate of drug-likeness (QED) is 0.651. The van der Waals surface area contributed by atoms with Crippen LogP contribution in [0.2, 0.25) is 10.0 Å². The third-order valence-corrected chi connectivity index (χ3v) is 4.38. The van der Waals surface area contributed by atoms with E-state index in [-0.39, 0.29) is 6.04 Å². The van der Waals surface area contributed by atoms with Gasteiger partial charge in [0.2, 0.25) is 0 Å². The first kappa shape index (κ1) is 18.2. The highest BCUT2D eigenvalue weighted by Gasteiger charge is 2.07. The molecule has 1 atom stereocenters. The zero-order chi connectivity index (χ0) is 16.8. The van der Waals surface area contributed by atoms with E-state index in [2.05, 4.69) is 5.32 Å². The Balaban J connectivity index is 1.73. The maximum atomic E-state index is 13.2. The highest BCUT2D eigenvalue weighted by Crippen LogP contribution is 2.23. The third kappa shape index (κ3) is 5.76. The molecule has 0 fully saturated rings. The van der Waals surface area contributed by atoms with Crippen LogP contribution in [-0.2, 0) is 12.8 Å². The third-order valence-electron chi connectivity index (χ3n) is 3.64. The van der Waals surface area contributed by atoms with Crippen molar-refractivity contribution in [2.24, 2.45) is 0 Å². The molecule has 2 aromatic carbocycles. The van der Waals surface area contributed by atoms with Crippen LogP contribution >= 0.6 is 23.2 Å². The molecule has 0 saturated heterocycles. The molecule has 0 aromatic heterocycles. The lowest BCUT2D eigenvalue weighted by Gasteiger charge is -2.14. The van der Waals surface area contributed by atoms with Crippen molar-refractivity contribution in [3.63, 3.8) is 0 Å². The average Bonchev–Trinajstić information content (AvgIpc) is 2.51. The zero-order valence-electron chi connectivity index (χ0n) is 12.9. The summed E-state index contributed by atoms with van der Waals surface area (Å²) in [5.74, 6) is -1.61. The number of hydrogen-bond donors (Lipinski definition) is 1. The van der Waals surface area contributed by atoms with Crippen LogP contribution in [0.3, 0.4) is 0 Å². The summed E-state index contributed by atoms with van der Waals surface area (Å²) in [7, 11) is 0. The predicted octanol–water partition coefficient (Wildman–Crippen LogP) is 5.43. The summed E-state index contributed by atoms with van der Waals surface area (Å²) in [6, 6.07) is 9.89. The van der Waals surface area contributed by atoms with Gasteiger partial charge < -0.3 is 5.32 Å². The first-order valence-corrected chi connectivity index (χ1v) is 8.32. The first-order chi connectivity index (χ1) is 11.0. The van der Waals surface area contributed by atoms with Crippen molar-refractivity contribution in [1.82, 2.24) is 5.32 Å². The largest absolute Gasteiger partial charge is 0.314 e. The molecule has 0 spiro atoms. The lowest BCUT2D eigenvalue weighted by molar-refractivity contribution is 0.501. The maximum Gasteiger partial charge on any atom is 0.159 e. The Kier molecular flexibility index (Phi) is 6.82. The number of aryl methyl sites for hydroxylation is 1. The molecule has 0 bridgehead atoms. The minimum absolute atomic E-state index is 0.189. The smallest absolute Gasteiger partial charge is 0.159 e. The number of halogens is 4. The standard InChI is InChI=1S/C18H19Cl2F2N/c1-12(9-14-5-7-17(21)18(22)11-14)23-8-2-3-13-4-6-15(19)16(20)10-13/h4-7,10-12,23H,2-3,8-9H2,1H3. The molecule has 1 N–H and O–H groups in total. The average molecular weight is 358 g/mol. The Morgan fingerprint density at radius 3 is 2.39 bits per heavy atom. The fraction of sp³-hybridized carbons (Fsp3) is 0.333. The van der Waals surface area contributed by atoms with E-state index in [4.69, 9.17) is 23.2 Å². The second kappa shape index (κ2) is 8.62. The highest BCUT2D eigenvalue weighted by atomic mass is 35.5. The molecule has 0 aliphatic carbocycles. The van der Waals surface area contributed by atoms with Crippen molar-refractivity contribution < 1.29 is 8.78 Å². The summed E-state index contributed by atoms with van der Waals surface area (Å²) in [6.07, 6.45) is 2.52. The fourth-order valence-corrected chi connectivity index (χ4v) is 2.75. The molecule has 0 radical (unpaired) electrons. The van der Waals surface area contributed by atoms with E-state index in [0.717, 1.165) is 30.5 Å². The van der Waals surface area contributed by atoms with Crippen LogP contribution in [0.5, 0.6) is 0 Å². The molecular formula is C18H19Cl2F2N. The van der Waals surface area contributed by atoms with Crippen molar-refractivity contribution >= 4 is 23.2 Å². The lowest BCUT2D eigenvalue weighted by Crippen LogP contribution is -2.29. The van der Waals surface area contributed by atoms with Gasteiger partial charge in [0, 0.05) is 6.04 Å². The van der Waals surface area contributed by atoms with Crippen molar-refractivity contribution in [2.75, 3.05) is 6.54 Å². The Hall–Kier alpha value is -1.16. The van der Waals surface area contributed by atoms with Crippen molar-refractivity contribution in [3.8, 4) is 0 Å². The topological polar surface area (TPSA) is 12.0 Å². The Labute approximate surface area is 145 Å². The van der Waals surface area contributed by atoms with Gasteiger partial charge in [-0.1, -0.05) is 35.3 Å². The van der Waals surface area contributed by atoms with E-state index < -0.39 is 11.6 Å². The summed E-state index contributed by atoms with van der Waals surface area (Å²) in [5.41, 5.74) is 1.93. The second-order valence-electron chi connectivity index (χ2n) is 5.66. The van der Waals surface area contributed by atoms with Gasteiger partial charge in [-0.15, -0.1) is 0 Å². The van der Waals surface area contributed by atoms with Crippen LogP contribution in [0.15, 0.2) is 36.4 Å². The van der Waals surface area contributed by atoms with E-state index in [1.807, 2.05) is 19.1 Å². The van der Waals surface area contributed by atoms with Crippen molar-refractivity contribution in [3.05, 3.63) is 69.2 Å². The summed E-state index contributed by atoms with van der Waals surface area (Å²) in [4.78, 5) is 0. The molecule has 0 saturated carbocycles. The Bertz CT molecular complexity index is 661. The van der Waals surface area contributed by atoms with Crippen LogP contribution in [0.4, 0.5) is 8.78 Å². The SMILES string of the molecule is CC(Cc1ccc(F)c(F)c1)NCCCc1ccc(Cl)c(Cl)c1. The molecule has 0 aliphatic heterocycles. The summed E-state index contributed by atoms with van der Waals surface area (Å²) >= 11 is 11.9. The van der Waals surface area contributed by atoms with Crippen LogP contribution < -0.4 is 5.32 Å². The van der Waals surface area contributed by atoms with Gasteiger partial charge in [0.05, 0.1) is 10.0 Å². The number of benzene rings is 2. The number of rotatable bonds is 7. The van der Waals surface area contributed by atoms with Gasteiger partial charge in [0.15, 0.2) is 11.6 Å². The molecule has 124 valence electrons. The Morgan fingerprint density at radius 1 is 0.957 bits per heavy atom. The van der Waals surface area contributed by atoms with Gasteiger partial charge in [-0.25, -0.2) is 8.78 Å².